The summed E-state index contributed by atoms with van der Waals surface area (Å²) in [6.07, 6.45) is -2.79. The minimum absolute atomic E-state index is 0.0920. The lowest BCUT2D eigenvalue weighted by Gasteiger charge is -2.06. The maximum Gasteiger partial charge on any atom is 0.280 e. The molecule has 13 heavy (non-hydrogen) atoms. The van der Waals surface area contributed by atoms with Crippen LogP contribution in [0.2, 0.25) is 0 Å². The molecule has 0 aliphatic heterocycles. The molecule has 0 bridgehead atoms. The summed E-state index contributed by atoms with van der Waals surface area (Å²) >= 11 is 7.18. The number of halogens is 5. The zero-order chi connectivity index (χ0) is 10.0. The first-order valence-electron chi connectivity index (χ1n) is 3.25. The summed E-state index contributed by atoms with van der Waals surface area (Å²) in [5.74, 6) is -1.00. The van der Waals surface area contributed by atoms with E-state index in [1.54, 1.807) is 22.6 Å². The van der Waals surface area contributed by atoms with Crippen molar-refractivity contribution in [3.05, 3.63) is 26.8 Å². The van der Waals surface area contributed by atoms with E-state index in [9.17, 15) is 13.2 Å². The molecule has 0 amide bonds. The molecule has 1 aromatic rings. The fraction of sp³-hybridized carbons (Fsp3) is 0.286. The van der Waals surface area contributed by atoms with Gasteiger partial charge in [-0.1, -0.05) is 0 Å². The Hall–Kier alpha value is -0.0400. The van der Waals surface area contributed by atoms with Crippen molar-refractivity contribution in [1.82, 2.24) is 4.98 Å². The number of pyridine rings is 1. The van der Waals surface area contributed by atoms with Crippen LogP contribution < -0.4 is 0 Å². The monoisotopic (exact) mass is 321 g/mol. The summed E-state index contributed by atoms with van der Waals surface area (Å²) in [6, 6.07) is 1.07. The van der Waals surface area contributed by atoms with Crippen molar-refractivity contribution in [2.75, 3.05) is 0 Å². The largest absolute Gasteiger partial charge is 0.280 e. The quantitative estimate of drug-likeness (QED) is 0.461. The first kappa shape index (κ1) is 11.0. The third-order valence-electron chi connectivity index (χ3n) is 1.41. The molecule has 0 aromatic carbocycles. The Morgan fingerprint density at radius 3 is 2.62 bits per heavy atom. The first-order valence-corrected chi connectivity index (χ1v) is 4.86. The molecule has 6 heteroatoms. The summed E-state index contributed by atoms with van der Waals surface area (Å²) < 4.78 is 37.5. The number of hydrogen-bond acceptors (Lipinski definition) is 1. The molecule has 1 heterocycles. The van der Waals surface area contributed by atoms with Crippen molar-refractivity contribution in [3.8, 4) is 0 Å². The lowest BCUT2D eigenvalue weighted by atomic mass is 10.2. The minimum atomic E-state index is -2.79. The van der Waals surface area contributed by atoms with E-state index in [-0.39, 0.29) is 11.4 Å². The van der Waals surface area contributed by atoms with Crippen LogP contribution >= 0.6 is 34.2 Å². The molecule has 1 rings (SSSR count). The number of alkyl halides is 3. The number of rotatable bonds is 2. The van der Waals surface area contributed by atoms with E-state index in [0.29, 0.717) is 3.57 Å². The van der Waals surface area contributed by atoms with Crippen molar-refractivity contribution in [2.24, 2.45) is 0 Å². The molecule has 1 nitrogen and oxygen atoms in total. The Balaban J connectivity index is 3.29. The van der Waals surface area contributed by atoms with Gasteiger partial charge in [-0.3, -0.25) is 0 Å². The van der Waals surface area contributed by atoms with Crippen LogP contribution in [0, 0.1) is 9.52 Å². The van der Waals surface area contributed by atoms with E-state index in [4.69, 9.17) is 11.6 Å². The van der Waals surface area contributed by atoms with Gasteiger partial charge in [0, 0.05) is 15.2 Å². The van der Waals surface area contributed by atoms with Crippen molar-refractivity contribution < 1.29 is 13.2 Å². The summed E-state index contributed by atoms with van der Waals surface area (Å²) in [7, 11) is 0. The Labute approximate surface area is 91.4 Å². The van der Waals surface area contributed by atoms with E-state index in [0.717, 1.165) is 6.07 Å². The van der Waals surface area contributed by atoms with Gasteiger partial charge in [0.15, 0.2) is 0 Å². The Kier molecular flexibility index (Phi) is 3.78. The zero-order valence-electron chi connectivity index (χ0n) is 6.20. The standard InChI is InChI=1S/C7H4ClF3IN/c8-2-3-4(12)1-5(9)13-6(3)7(10)11/h1,7H,2H2. The number of aromatic nitrogens is 1. The Morgan fingerprint density at radius 2 is 2.15 bits per heavy atom. The van der Waals surface area contributed by atoms with Gasteiger partial charge in [0.05, 0.1) is 5.88 Å². The second-order valence-corrected chi connectivity index (χ2v) is 3.65. The maximum atomic E-state index is 12.6. The van der Waals surface area contributed by atoms with E-state index in [1.165, 1.54) is 0 Å². The SMILES string of the molecule is Fc1cc(I)c(CCl)c(C(F)F)n1. The molecule has 0 N–H and O–H groups in total. The topological polar surface area (TPSA) is 12.9 Å². The molecule has 0 saturated carbocycles. The molecular formula is C7H4ClF3IN. The lowest BCUT2D eigenvalue weighted by molar-refractivity contribution is 0.143. The number of nitrogens with zero attached hydrogens (tertiary/aromatic N) is 1. The van der Waals surface area contributed by atoms with Crippen LogP contribution in [-0.4, -0.2) is 4.98 Å². The molecule has 0 radical (unpaired) electrons. The predicted octanol–water partition coefficient (Wildman–Crippen LogP) is 3.50. The van der Waals surface area contributed by atoms with Crippen LogP contribution in [0.4, 0.5) is 13.2 Å². The van der Waals surface area contributed by atoms with Crippen molar-refractivity contribution in [1.29, 1.82) is 0 Å². The van der Waals surface area contributed by atoms with E-state index < -0.39 is 18.1 Å². The molecule has 0 saturated heterocycles. The molecule has 0 aliphatic carbocycles. The van der Waals surface area contributed by atoms with Crippen molar-refractivity contribution in [2.45, 2.75) is 12.3 Å². The molecule has 0 aliphatic rings. The van der Waals surface area contributed by atoms with Crippen LogP contribution in [-0.2, 0) is 5.88 Å². The highest BCUT2D eigenvalue weighted by Crippen LogP contribution is 2.26. The normalized spacial score (nSPS) is 10.9. The summed E-state index contributed by atoms with van der Waals surface area (Å²) in [5.41, 5.74) is -0.377. The first-order chi connectivity index (χ1) is 6.06. The fourth-order valence-corrected chi connectivity index (χ4v) is 2.07. The van der Waals surface area contributed by atoms with Gasteiger partial charge in [-0.15, -0.1) is 11.6 Å². The molecular weight excluding hydrogens is 317 g/mol. The highest BCUT2D eigenvalue weighted by atomic mass is 127. The minimum Gasteiger partial charge on any atom is -0.218 e. The second kappa shape index (κ2) is 4.45. The fourth-order valence-electron chi connectivity index (χ4n) is 0.842. The van der Waals surface area contributed by atoms with Crippen LogP contribution in [0.3, 0.4) is 0 Å². The van der Waals surface area contributed by atoms with Crippen LogP contribution in [0.1, 0.15) is 17.7 Å². The van der Waals surface area contributed by atoms with Crippen LogP contribution in [0.15, 0.2) is 6.07 Å². The summed E-state index contributed by atoms with van der Waals surface area (Å²) in [5, 5.41) is 0. The van der Waals surface area contributed by atoms with Gasteiger partial charge in [-0.2, -0.15) is 4.39 Å². The van der Waals surface area contributed by atoms with Crippen molar-refractivity contribution >= 4 is 34.2 Å². The Bertz CT molecular complexity index is 319. The highest BCUT2D eigenvalue weighted by molar-refractivity contribution is 14.1. The van der Waals surface area contributed by atoms with Gasteiger partial charge < -0.3 is 0 Å². The van der Waals surface area contributed by atoms with Gasteiger partial charge in [-0.05, 0) is 22.6 Å². The maximum absolute atomic E-state index is 12.6. The van der Waals surface area contributed by atoms with Gasteiger partial charge in [0.25, 0.3) is 6.43 Å². The average molecular weight is 321 g/mol. The van der Waals surface area contributed by atoms with E-state index in [1.807, 2.05) is 0 Å². The molecule has 0 unspecified atom stereocenters. The molecule has 0 atom stereocenters. The van der Waals surface area contributed by atoms with E-state index in [2.05, 4.69) is 4.98 Å². The number of hydrogen-bond donors (Lipinski definition) is 0. The molecule has 1 aromatic heterocycles. The smallest absolute Gasteiger partial charge is 0.218 e. The lowest BCUT2D eigenvalue weighted by Crippen LogP contribution is -2.02. The third-order valence-corrected chi connectivity index (χ3v) is 2.64. The van der Waals surface area contributed by atoms with E-state index >= 15 is 0 Å². The van der Waals surface area contributed by atoms with Gasteiger partial charge in [-0.25, -0.2) is 13.8 Å². The summed E-state index contributed by atoms with van der Waals surface area (Å²) in [4.78, 5) is 3.10. The van der Waals surface area contributed by atoms with Crippen LogP contribution in [0.5, 0.6) is 0 Å². The van der Waals surface area contributed by atoms with Gasteiger partial charge in [0.1, 0.15) is 5.69 Å². The molecule has 72 valence electrons. The second-order valence-electron chi connectivity index (χ2n) is 2.22. The third kappa shape index (κ3) is 2.46. The molecule has 0 fully saturated rings. The van der Waals surface area contributed by atoms with Crippen molar-refractivity contribution in [3.63, 3.8) is 0 Å². The zero-order valence-corrected chi connectivity index (χ0v) is 9.11. The Morgan fingerprint density at radius 1 is 1.54 bits per heavy atom. The summed E-state index contributed by atoms with van der Waals surface area (Å²) in [6.45, 7) is 0. The predicted molar refractivity (Wildman–Crippen MR) is 51.4 cm³/mol. The highest BCUT2D eigenvalue weighted by Gasteiger charge is 2.18. The average Bonchev–Trinajstić information content (AvgIpc) is 2.02. The molecule has 0 spiro atoms. The van der Waals surface area contributed by atoms with Gasteiger partial charge in [0.2, 0.25) is 5.95 Å². The van der Waals surface area contributed by atoms with Gasteiger partial charge >= 0.3 is 0 Å². The van der Waals surface area contributed by atoms with Crippen LogP contribution in [0.25, 0.3) is 0 Å².